The second kappa shape index (κ2) is 6.83. The van der Waals surface area contributed by atoms with Gasteiger partial charge in [0.15, 0.2) is 0 Å². The summed E-state index contributed by atoms with van der Waals surface area (Å²) in [4.78, 5) is 0. The Kier molecular flexibility index (Phi) is 5.74. The summed E-state index contributed by atoms with van der Waals surface area (Å²) in [7, 11) is 0. The van der Waals surface area contributed by atoms with Gasteiger partial charge in [0.1, 0.15) is 0 Å². The Bertz CT molecular complexity index is 371. The Morgan fingerprint density at radius 3 is 2.24 bits per heavy atom. The number of benzene rings is 1. The fraction of sp³-hybridized carbons (Fsp3) is 0.400. The molecule has 1 aromatic rings. The first-order chi connectivity index (χ1) is 8.04. The minimum absolute atomic E-state index is 0.0204. The minimum atomic E-state index is -4.79. The molecule has 3 N–H and O–H groups in total. The Hall–Kier alpha value is -0.782. The summed E-state index contributed by atoms with van der Waals surface area (Å²) in [5.41, 5.74) is 0. The van der Waals surface area contributed by atoms with Crippen molar-refractivity contribution in [2.75, 3.05) is 26.4 Å². The van der Waals surface area contributed by atoms with Gasteiger partial charge in [-0.3, -0.25) is 0 Å². The van der Waals surface area contributed by atoms with Crippen LogP contribution in [0.3, 0.4) is 0 Å². The van der Waals surface area contributed by atoms with Gasteiger partial charge in [0, 0.05) is 0 Å². The van der Waals surface area contributed by atoms with E-state index in [0.717, 1.165) is 0 Å². The SMILES string of the molecule is O=[As](O)(O)c1ccc(OCCOCCO)cc1. The number of hydrogen-bond donors (Lipinski definition) is 3. The third-order valence-corrected chi connectivity index (χ3v) is 3.94. The van der Waals surface area contributed by atoms with Crippen LogP contribution in [0.5, 0.6) is 5.75 Å². The van der Waals surface area contributed by atoms with Crippen LogP contribution < -0.4 is 9.09 Å². The molecule has 7 heteroatoms. The van der Waals surface area contributed by atoms with Gasteiger partial charge in [0.05, 0.1) is 0 Å². The fourth-order valence-corrected chi connectivity index (χ4v) is 2.25. The third-order valence-electron chi connectivity index (χ3n) is 1.91. The van der Waals surface area contributed by atoms with Crippen molar-refractivity contribution in [3.05, 3.63) is 24.3 Å². The topological polar surface area (TPSA) is 96.2 Å². The van der Waals surface area contributed by atoms with Crippen molar-refractivity contribution in [1.29, 1.82) is 0 Å². The molecule has 0 radical (unpaired) electrons. The molecule has 0 bridgehead atoms. The standard InChI is InChI=1S/C10H15AsO6/c12-5-6-16-7-8-17-10-3-1-9(2-4-10)11(13,14)15/h1-4,12H,5-8H2,(H2,13,14,15). The molecule has 0 aromatic heterocycles. The summed E-state index contributed by atoms with van der Waals surface area (Å²) in [6.07, 6.45) is 0. The van der Waals surface area contributed by atoms with E-state index in [1.54, 1.807) is 0 Å². The van der Waals surface area contributed by atoms with E-state index in [-0.39, 0.29) is 17.6 Å². The fourth-order valence-electron chi connectivity index (χ4n) is 1.12. The van der Waals surface area contributed by atoms with Crippen LogP contribution in [0.2, 0.25) is 0 Å². The van der Waals surface area contributed by atoms with Crippen LogP contribution in [0.1, 0.15) is 0 Å². The Balaban J connectivity index is 2.38. The predicted molar refractivity (Wildman–Crippen MR) is 60.4 cm³/mol. The normalized spacial score (nSPS) is 11.5. The third kappa shape index (κ3) is 5.39. The van der Waals surface area contributed by atoms with Crippen molar-refractivity contribution in [3.63, 3.8) is 0 Å². The van der Waals surface area contributed by atoms with Gasteiger partial charge in [0.2, 0.25) is 0 Å². The molecule has 0 saturated heterocycles. The maximum atomic E-state index is 10.9. The maximum absolute atomic E-state index is 10.9. The molecule has 17 heavy (non-hydrogen) atoms. The Labute approximate surface area is 102 Å². The van der Waals surface area contributed by atoms with Crippen molar-refractivity contribution in [1.82, 2.24) is 0 Å². The van der Waals surface area contributed by atoms with E-state index < -0.39 is 14.2 Å². The van der Waals surface area contributed by atoms with Crippen LogP contribution in [0.25, 0.3) is 0 Å². The second-order valence-electron chi connectivity index (χ2n) is 3.22. The van der Waals surface area contributed by atoms with Crippen molar-refractivity contribution in [3.8, 4) is 5.75 Å². The number of aliphatic hydroxyl groups is 1. The van der Waals surface area contributed by atoms with Gasteiger partial charge in [0.25, 0.3) is 0 Å². The first kappa shape index (κ1) is 14.3. The van der Waals surface area contributed by atoms with Gasteiger partial charge in [-0.05, 0) is 0 Å². The van der Waals surface area contributed by atoms with Crippen molar-refractivity contribution < 1.29 is 26.5 Å². The van der Waals surface area contributed by atoms with Crippen molar-refractivity contribution in [2.45, 2.75) is 0 Å². The number of rotatable bonds is 7. The van der Waals surface area contributed by atoms with Gasteiger partial charge >= 0.3 is 101 Å². The van der Waals surface area contributed by atoms with Gasteiger partial charge in [-0.15, -0.1) is 0 Å². The molecule has 0 aliphatic carbocycles. The molecule has 0 amide bonds. The van der Waals surface area contributed by atoms with Crippen LogP contribution in [0.4, 0.5) is 0 Å². The van der Waals surface area contributed by atoms with E-state index in [2.05, 4.69) is 0 Å². The van der Waals surface area contributed by atoms with Crippen LogP contribution in [-0.4, -0.2) is 53.9 Å². The van der Waals surface area contributed by atoms with E-state index >= 15 is 0 Å². The molecule has 0 aliphatic rings. The van der Waals surface area contributed by atoms with Crippen LogP contribution in [0, 0.1) is 0 Å². The van der Waals surface area contributed by atoms with Crippen LogP contribution >= 0.6 is 0 Å². The van der Waals surface area contributed by atoms with Gasteiger partial charge < -0.3 is 0 Å². The quantitative estimate of drug-likeness (QED) is 0.425. The zero-order chi connectivity index (χ0) is 12.7. The first-order valence-electron chi connectivity index (χ1n) is 5.01. The van der Waals surface area contributed by atoms with E-state index in [9.17, 15) is 3.74 Å². The van der Waals surface area contributed by atoms with Gasteiger partial charge in [-0.1, -0.05) is 0 Å². The molecular weight excluding hydrogens is 291 g/mol. The number of ether oxygens (including phenoxy) is 2. The summed E-state index contributed by atoms with van der Waals surface area (Å²) in [6.45, 7) is 0.910. The molecule has 0 heterocycles. The van der Waals surface area contributed by atoms with E-state index in [1.165, 1.54) is 24.3 Å². The summed E-state index contributed by atoms with van der Waals surface area (Å²) in [5, 5.41) is 8.45. The van der Waals surface area contributed by atoms with E-state index in [4.69, 9.17) is 22.8 Å². The van der Waals surface area contributed by atoms with Gasteiger partial charge in [-0.25, -0.2) is 0 Å². The summed E-state index contributed by atoms with van der Waals surface area (Å²) in [6, 6.07) is 5.71. The average Bonchev–Trinajstić information content (AvgIpc) is 2.28. The molecule has 0 aliphatic heterocycles. The molecule has 0 saturated carbocycles. The monoisotopic (exact) mass is 306 g/mol. The summed E-state index contributed by atoms with van der Waals surface area (Å²) >= 11 is -4.79. The van der Waals surface area contributed by atoms with Crippen LogP contribution in [-0.2, 0) is 8.48 Å². The molecule has 1 aromatic carbocycles. The molecular formula is C10H15AsO6. The van der Waals surface area contributed by atoms with Crippen molar-refractivity contribution in [2.24, 2.45) is 0 Å². The molecule has 96 valence electrons. The van der Waals surface area contributed by atoms with E-state index in [1.807, 2.05) is 0 Å². The Morgan fingerprint density at radius 2 is 1.71 bits per heavy atom. The van der Waals surface area contributed by atoms with Crippen molar-refractivity contribution >= 4 is 18.5 Å². The zero-order valence-electron chi connectivity index (χ0n) is 9.15. The molecule has 0 atom stereocenters. The second-order valence-corrected chi connectivity index (χ2v) is 6.59. The Morgan fingerprint density at radius 1 is 1.06 bits per heavy atom. The zero-order valence-corrected chi connectivity index (χ0v) is 11.0. The number of aliphatic hydroxyl groups excluding tert-OH is 1. The molecule has 0 spiro atoms. The number of hydrogen-bond acceptors (Lipinski definition) is 4. The molecule has 0 fully saturated rings. The average molecular weight is 306 g/mol. The summed E-state index contributed by atoms with van der Waals surface area (Å²) in [5.74, 6) is 0.519. The first-order valence-corrected chi connectivity index (χ1v) is 8.40. The van der Waals surface area contributed by atoms with E-state index in [0.29, 0.717) is 19.0 Å². The molecule has 0 unspecified atom stereocenters. The molecule has 6 nitrogen and oxygen atoms in total. The predicted octanol–water partition coefficient (Wildman–Crippen LogP) is -1.36. The van der Waals surface area contributed by atoms with Crippen LogP contribution in [0.15, 0.2) is 24.3 Å². The van der Waals surface area contributed by atoms with Gasteiger partial charge in [-0.2, -0.15) is 0 Å². The summed E-state index contributed by atoms with van der Waals surface area (Å²) < 4.78 is 39.1. The molecule has 1 rings (SSSR count).